The maximum absolute atomic E-state index is 11.8. The molecule has 0 heterocycles. The Hall–Kier alpha value is -0.630. The van der Waals surface area contributed by atoms with Crippen LogP contribution in [0.3, 0.4) is 0 Å². The van der Waals surface area contributed by atoms with E-state index < -0.39 is 5.60 Å². The summed E-state index contributed by atoms with van der Waals surface area (Å²) in [4.78, 5) is 11.8. The number of hydrogen-bond donors (Lipinski definition) is 1. The first-order valence-corrected chi connectivity index (χ1v) is 9.22. The van der Waals surface area contributed by atoms with Crippen molar-refractivity contribution in [1.82, 2.24) is 0 Å². The summed E-state index contributed by atoms with van der Waals surface area (Å²) in [7, 11) is 0. The first-order valence-electron chi connectivity index (χ1n) is 9.22. The van der Waals surface area contributed by atoms with Crippen LogP contribution in [0.1, 0.15) is 65.7 Å². The molecule has 4 aliphatic rings. The molecule has 7 atom stereocenters. The minimum atomic E-state index is -0.487. The monoisotopic (exact) mass is 302 g/mol. The Morgan fingerprint density at radius 1 is 1.05 bits per heavy atom. The molecule has 0 spiro atoms. The van der Waals surface area contributed by atoms with Gasteiger partial charge in [0.05, 0.1) is 5.60 Å². The number of carbonyl (C=O) groups is 1. The van der Waals surface area contributed by atoms with Gasteiger partial charge in [0.15, 0.2) is 5.78 Å². The Balaban J connectivity index is 1.69. The molecule has 0 aromatic carbocycles. The second-order valence-corrected chi connectivity index (χ2v) is 9.29. The number of carbonyl (C=O) groups excluding carboxylic acids is 1. The van der Waals surface area contributed by atoms with Crippen LogP contribution in [0, 0.1) is 34.5 Å². The van der Waals surface area contributed by atoms with E-state index in [0.29, 0.717) is 23.5 Å². The van der Waals surface area contributed by atoms with Crippen LogP contribution in [0.2, 0.25) is 0 Å². The van der Waals surface area contributed by atoms with Gasteiger partial charge in [0.1, 0.15) is 0 Å². The Morgan fingerprint density at radius 2 is 1.77 bits per heavy atom. The molecule has 2 heteroatoms. The number of aliphatic hydroxyl groups is 1. The standard InChI is InChI=1S/C20H30O2/c1-18-9-6-14(21)12-13(18)4-5-15-16(18)7-10-19(2)17(15)8-11-20(19,3)22/h6,9,13,15-17,22H,4-5,7-8,10-12H2,1-3H3/t13-,15+,16-,17+,18-,19+,20-/m0/s1. The van der Waals surface area contributed by atoms with Gasteiger partial charge in [0.2, 0.25) is 0 Å². The predicted molar refractivity (Wildman–Crippen MR) is 87.3 cm³/mol. The van der Waals surface area contributed by atoms with Crippen LogP contribution in [0.15, 0.2) is 12.2 Å². The average Bonchev–Trinajstić information content (AvgIpc) is 2.70. The molecule has 0 amide bonds. The highest BCUT2D eigenvalue weighted by molar-refractivity contribution is 5.91. The van der Waals surface area contributed by atoms with Gasteiger partial charge in [0, 0.05) is 6.42 Å². The quantitative estimate of drug-likeness (QED) is 0.730. The van der Waals surface area contributed by atoms with E-state index in [4.69, 9.17) is 0 Å². The summed E-state index contributed by atoms with van der Waals surface area (Å²) < 4.78 is 0. The summed E-state index contributed by atoms with van der Waals surface area (Å²) >= 11 is 0. The molecule has 4 rings (SSSR count). The summed E-state index contributed by atoms with van der Waals surface area (Å²) in [6, 6.07) is 0. The van der Waals surface area contributed by atoms with Crippen LogP contribution in [0.25, 0.3) is 0 Å². The highest BCUT2D eigenvalue weighted by Gasteiger charge is 2.62. The second kappa shape index (κ2) is 4.47. The molecule has 22 heavy (non-hydrogen) atoms. The third kappa shape index (κ3) is 1.74. The van der Waals surface area contributed by atoms with Crippen molar-refractivity contribution in [3.63, 3.8) is 0 Å². The van der Waals surface area contributed by atoms with Crippen molar-refractivity contribution >= 4 is 5.78 Å². The summed E-state index contributed by atoms with van der Waals surface area (Å²) in [6.45, 7) is 6.82. The number of fused-ring (bicyclic) bond motifs is 5. The maximum atomic E-state index is 11.8. The lowest BCUT2D eigenvalue weighted by molar-refractivity contribution is -0.135. The fourth-order valence-electron chi connectivity index (χ4n) is 6.88. The van der Waals surface area contributed by atoms with Gasteiger partial charge in [-0.1, -0.05) is 19.9 Å². The first kappa shape index (κ1) is 14.9. The molecule has 4 aliphatic carbocycles. The molecule has 0 unspecified atom stereocenters. The Kier molecular flexibility index (Phi) is 3.03. The zero-order valence-corrected chi connectivity index (χ0v) is 14.3. The lowest BCUT2D eigenvalue weighted by atomic mass is 9.45. The van der Waals surface area contributed by atoms with Crippen LogP contribution >= 0.6 is 0 Å². The fourth-order valence-corrected chi connectivity index (χ4v) is 6.88. The van der Waals surface area contributed by atoms with E-state index in [2.05, 4.69) is 26.8 Å². The van der Waals surface area contributed by atoms with Gasteiger partial charge < -0.3 is 5.11 Å². The zero-order valence-electron chi connectivity index (χ0n) is 14.3. The third-order valence-electron chi connectivity index (χ3n) is 8.60. The molecule has 0 aliphatic heterocycles. The maximum Gasteiger partial charge on any atom is 0.155 e. The van der Waals surface area contributed by atoms with E-state index in [9.17, 15) is 9.90 Å². The zero-order chi connectivity index (χ0) is 15.8. The normalized spacial score (nSPS) is 57.2. The fraction of sp³-hybridized carbons (Fsp3) is 0.850. The molecular formula is C20H30O2. The molecule has 0 bridgehead atoms. The van der Waals surface area contributed by atoms with Gasteiger partial charge in [0.25, 0.3) is 0 Å². The summed E-state index contributed by atoms with van der Waals surface area (Å²) in [5.41, 5.74) is -0.170. The van der Waals surface area contributed by atoms with Crippen molar-refractivity contribution in [2.45, 2.75) is 71.3 Å². The van der Waals surface area contributed by atoms with Crippen LogP contribution in [0.4, 0.5) is 0 Å². The van der Waals surface area contributed by atoms with Gasteiger partial charge in [-0.25, -0.2) is 0 Å². The molecule has 1 N–H and O–H groups in total. The number of hydrogen-bond acceptors (Lipinski definition) is 2. The molecule has 0 saturated heterocycles. The van der Waals surface area contributed by atoms with E-state index in [1.807, 2.05) is 6.08 Å². The number of allylic oxidation sites excluding steroid dienone is 2. The summed E-state index contributed by atoms with van der Waals surface area (Å²) in [5.74, 6) is 3.00. The average molecular weight is 302 g/mol. The van der Waals surface area contributed by atoms with E-state index in [1.165, 1.54) is 25.7 Å². The lowest BCUT2D eigenvalue weighted by Gasteiger charge is -2.59. The van der Waals surface area contributed by atoms with E-state index in [1.54, 1.807) is 0 Å². The lowest BCUT2D eigenvalue weighted by Crippen LogP contribution is -2.55. The molecule has 0 radical (unpaired) electrons. The van der Waals surface area contributed by atoms with Gasteiger partial charge in [-0.05, 0) is 86.0 Å². The smallest absolute Gasteiger partial charge is 0.155 e. The van der Waals surface area contributed by atoms with Crippen LogP contribution in [-0.4, -0.2) is 16.5 Å². The molecule has 3 fully saturated rings. The highest BCUT2D eigenvalue weighted by atomic mass is 16.3. The van der Waals surface area contributed by atoms with E-state index in [0.717, 1.165) is 25.2 Å². The Labute approximate surface area is 134 Å². The molecular weight excluding hydrogens is 272 g/mol. The van der Waals surface area contributed by atoms with Crippen LogP contribution in [-0.2, 0) is 4.79 Å². The van der Waals surface area contributed by atoms with Gasteiger partial charge in [-0.3, -0.25) is 4.79 Å². The van der Waals surface area contributed by atoms with E-state index >= 15 is 0 Å². The van der Waals surface area contributed by atoms with Crippen LogP contribution in [0.5, 0.6) is 0 Å². The minimum absolute atomic E-state index is 0.103. The first-order chi connectivity index (χ1) is 10.3. The van der Waals surface area contributed by atoms with Gasteiger partial charge in [-0.2, -0.15) is 0 Å². The van der Waals surface area contributed by atoms with Crippen LogP contribution < -0.4 is 0 Å². The largest absolute Gasteiger partial charge is 0.390 e. The summed E-state index contributed by atoms with van der Waals surface area (Å²) in [6.07, 6.45) is 11.9. The molecule has 2 nitrogen and oxygen atoms in total. The SMILES string of the molecule is C[C@]12C=CC(=O)C[C@@H]1CC[C@H]1[C@H]3CC[C@](C)(O)[C@]3(C)CC[C@@H]12. The van der Waals surface area contributed by atoms with Gasteiger partial charge in [-0.15, -0.1) is 0 Å². The molecule has 0 aromatic heterocycles. The topological polar surface area (TPSA) is 37.3 Å². The van der Waals surface area contributed by atoms with Crippen molar-refractivity contribution < 1.29 is 9.90 Å². The van der Waals surface area contributed by atoms with Crippen molar-refractivity contribution in [2.24, 2.45) is 34.5 Å². The third-order valence-corrected chi connectivity index (χ3v) is 8.60. The predicted octanol–water partition coefficient (Wildman–Crippen LogP) is 4.13. The number of rotatable bonds is 0. The van der Waals surface area contributed by atoms with Crippen molar-refractivity contribution in [1.29, 1.82) is 0 Å². The van der Waals surface area contributed by atoms with Crippen molar-refractivity contribution in [3.05, 3.63) is 12.2 Å². The Bertz CT molecular complexity index is 534. The summed E-state index contributed by atoms with van der Waals surface area (Å²) in [5, 5.41) is 10.9. The molecule has 0 aromatic rings. The van der Waals surface area contributed by atoms with Crippen molar-refractivity contribution in [3.8, 4) is 0 Å². The highest BCUT2D eigenvalue weighted by Crippen LogP contribution is 2.67. The number of ketones is 1. The second-order valence-electron chi connectivity index (χ2n) is 9.29. The Morgan fingerprint density at radius 3 is 2.55 bits per heavy atom. The van der Waals surface area contributed by atoms with Gasteiger partial charge >= 0.3 is 0 Å². The molecule has 122 valence electrons. The van der Waals surface area contributed by atoms with E-state index in [-0.39, 0.29) is 10.8 Å². The van der Waals surface area contributed by atoms with Crippen molar-refractivity contribution in [2.75, 3.05) is 0 Å². The minimum Gasteiger partial charge on any atom is -0.390 e. The molecule has 3 saturated carbocycles.